The van der Waals surface area contributed by atoms with Gasteiger partial charge in [-0.25, -0.2) is 0 Å². The van der Waals surface area contributed by atoms with Crippen molar-refractivity contribution in [3.8, 4) is 0 Å². The van der Waals surface area contributed by atoms with Crippen molar-refractivity contribution < 1.29 is 27.5 Å². The Labute approximate surface area is 225 Å². The van der Waals surface area contributed by atoms with E-state index >= 15 is 0 Å². The summed E-state index contributed by atoms with van der Waals surface area (Å²) < 4.78 is 46.7. The molecule has 4 nitrogen and oxygen atoms in total. The molecule has 2 aromatic rings. The fourth-order valence-electron chi connectivity index (χ4n) is 4.57. The minimum Gasteiger partial charge on any atom is -0.460 e. The molecule has 3 rings (SSSR count). The third-order valence-electron chi connectivity index (χ3n) is 6.73. The van der Waals surface area contributed by atoms with Gasteiger partial charge in [0.05, 0.1) is 29.0 Å². The van der Waals surface area contributed by atoms with E-state index < -0.39 is 29.5 Å². The number of alkyl halides is 3. The maximum atomic E-state index is 13.7. The maximum Gasteiger partial charge on any atom is 0.392 e. The molecule has 3 atom stereocenters. The van der Waals surface area contributed by atoms with E-state index in [1.165, 1.54) is 24.3 Å². The molecule has 0 radical (unpaired) electrons. The molecule has 0 saturated heterocycles. The number of ether oxygens (including phenoxy) is 1. The van der Waals surface area contributed by atoms with Gasteiger partial charge in [0.15, 0.2) is 0 Å². The third-order valence-corrected chi connectivity index (χ3v) is 7.31. The van der Waals surface area contributed by atoms with E-state index in [2.05, 4.69) is 5.32 Å². The number of carbonyl (C=O) groups excluding carboxylic acids is 2. The number of benzene rings is 2. The van der Waals surface area contributed by atoms with Crippen molar-refractivity contribution in [3.05, 3.63) is 63.6 Å². The first-order valence-electron chi connectivity index (χ1n) is 12.3. The smallest absolute Gasteiger partial charge is 0.392 e. The van der Waals surface area contributed by atoms with Crippen molar-refractivity contribution in [1.82, 2.24) is 0 Å². The number of hydrogen-bond donors (Lipinski definition) is 1. The molecule has 0 aliphatic heterocycles. The molecule has 1 saturated carbocycles. The van der Waals surface area contributed by atoms with Gasteiger partial charge in [-0.1, -0.05) is 54.7 Å². The Bertz CT molecular complexity index is 1110. The standard InChI is InChI=1S/C28H32Cl2F3NO3/c1-16(28(31,32)33)25(18-8-11-20(29)12-9-18)26(36)34-23-14-19(10-13-22(23)30)21(17-6-5-7-17)15-24(35)37-27(2,3)4/h8-14,16-17,21,25H,5-7,15H2,1-4H3,(H,34,36). The first-order chi connectivity index (χ1) is 17.2. The van der Waals surface area contributed by atoms with E-state index in [0.717, 1.165) is 31.7 Å². The molecule has 2 aromatic carbocycles. The van der Waals surface area contributed by atoms with Gasteiger partial charge < -0.3 is 10.1 Å². The van der Waals surface area contributed by atoms with Crippen LogP contribution < -0.4 is 5.32 Å². The van der Waals surface area contributed by atoms with Gasteiger partial charge in [-0.2, -0.15) is 13.2 Å². The monoisotopic (exact) mass is 557 g/mol. The lowest BCUT2D eigenvalue weighted by molar-refractivity contribution is -0.178. The Hall–Kier alpha value is -2.25. The molecule has 1 N–H and O–H groups in total. The minimum atomic E-state index is -4.60. The quantitative estimate of drug-likeness (QED) is 0.331. The Morgan fingerprint density at radius 3 is 2.14 bits per heavy atom. The van der Waals surface area contributed by atoms with Crippen molar-refractivity contribution in [2.45, 2.75) is 77.0 Å². The van der Waals surface area contributed by atoms with Gasteiger partial charge in [0.1, 0.15) is 5.60 Å². The molecule has 0 spiro atoms. The summed E-state index contributed by atoms with van der Waals surface area (Å²) in [6.07, 6.45) is -1.46. The molecule has 1 amide bonds. The zero-order valence-corrected chi connectivity index (χ0v) is 22.8. The maximum absolute atomic E-state index is 13.7. The van der Waals surface area contributed by atoms with Gasteiger partial charge in [-0.05, 0) is 80.8 Å². The minimum absolute atomic E-state index is 0.155. The van der Waals surface area contributed by atoms with Gasteiger partial charge in [0.25, 0.3) is 0 Å². The van der Waals surface area contributed by atoms with E-state index in [0.29, 0.717) is 5.02 Å². The van der Waals surface area contributed by atoms with Crippen molar-refractivity contribution >= 4 is 40.8 Å². The van der Waals surface area contributed by atoms with Crippen molar-refractivity contribution in [1.29, 1.82) is 0 Å². The lowest BCUT2D eigenvalue weighted by Gasteiger charge is -2.34. The van der Waals surface area contributed by atoms with Gasteiger partial charge in [0, 0.05) is 5.02 Å². The Kier molecular flexibility index (Phi) is 9.23. The number of anilines is 1. The lowest BCUT2D eigenvalue weighted by Crippen LogP contribution is -2.34. The van der Waals surface area contributed by atoms with Crippen LogP contribution in [0.25, 0.3) is 0 Å². The first kappa shape index (κ1) is 29.3. The Morgan fingerprint density at radius 2 is 1.62 bits per heavy atom. The lowest BCUT2D eigenvalue weighted by atomic mass is 9.71. The molecular weight excluding hydrogens is 526 g/mol. The van der Waals surface area contributed by atoms with E-state index in [-0.39, 0.29) is 40.5 Å². The second-order valence-electron chi connectivity index (χ2n) is 10.7. The molecule has 9 heteroatoms. The second kappa shape index (κ2) is 11.6. The van der Waals surface area contributed by atoms with Crippen molar-refractivity contribution in [2.24, 2.45) is 11.8 Å². The van der Waals surface area contributed by atoms with Crippen LogP contribution in [0.3, 0.4) is 0 Å². The van der Waals surface area contributed by atoms with Crippen molar-refractivity contribution in [2.75, 3.05) is 5.32 Å². The normalized spacial score (nSPS) is 16.9. The summed E-state index contributed by atoms with van der Waals surface area (Å²) in [4.78, 5) is 25.9. The third kappa shape index (κ3) is 7.87. The molecule has 0 aromatic heterocycles. The highest BCUT2D eigenvalue weighted by atomic mass is 35.5. The average Bonchev–Trinajstić information content (AvgIpc) is 2.73. The second-order valence-corrected chi connectivity index (χ2v) is 11.5. The molecule has 1 aliphatic rings. The molecule has 202 valence electrons. The topological polar surface area (TPSA) is 55.4 Å². The first-order valence-corrected chi connectivity index (χ1v) is 13.1. The van der Waals surface area contributed by atoms with Gasteiger partial charge >= 0.3 is 12.1 Å². The van der Waals surface area contributed by atoms with E-state index in [9.17, 15) is 22.8 Å². The summed E-state index contributed by atoms with van der Waals surface area (Å²) in [7, 11) is 0. The summed E-state index contributed by atoms with van der Waals surface area (Å²) in [5.41, 5.74) is 0.552. The van der Waals surface area contributed by atoms with Crippen LogP contribution >= 0.6 is 23.2 Å². The molecule has 3 unspecified atom stereocenters. The highest BCUT2D eigenvalue weighted by molar-refractivity contribution is 6.33. The highest BCUT2D eigenvalue weighted by Gasteiger charge is 2.45. The summed E-state index contributed by atoms with van der Waals surface area (Å²) in [5.74, 6) is -4.51. The number of hydrogen-bond acceptors (Lipinski definition) is 3. The number of carbonyl (C=O) groups is 2. The number of rotatable bonds is 8. The predicted molar refractivity (Wildman–Crippen MR) is 140 cm³/mol. The van der Waals surface area contributed by atoms with E-state index in [4.69, 9.17) is 27.9 Å². The number of esters is 1. The van der Waals surface area contributed by atoms with Crippen LogP contribution in [0.4, 0.5) is 18.9 Å². The fourth-order valence-corrected chi connectivity index (χ4v) is 4.86. The summed E-state index contributed by atoms with van der Waals surface area (Å²) in [6, 6.07) is 10.8. The molecule has 0 heterocycles. The van der Waals surface area contributed by atoms with Gasteiger partial charge in [-0.3, -0.25) is 9.59 Å². The molecular formula is C28H32Cl2F3NO3. The van der Waals surface area contributed by atoms with Crippen molar-refractivity contribution in [3.63, 3.8) is 0 Å². The average molecular weight is 558 g/mol. The summed E-state index contributed by atoms with van der Waals surface area (Å²) in [6.45, 7) is 6.39. The van der Waals surface area contributed by atoms with Crippen LogP contribution in [0.5, 0.6) is 0 Å². The summed E-state index contributed by atoms with van der Waals surface area (Å²) in [5, 5.41) is 3.16. The van der Waals surface area contributed by atoms with Crippen LogP contribution in [0.2, 0.25) is 10.0 Å². The zero-order chi connectivity index (χ0) is 27.5. The van der Waals surface area contributed by atoms with Gasteiger partial charge in [-0.15, -0.1) is 0 Å². The Balaban J connectivity index is 1.90. The predicted octanol–water partition coefficient (Wildman–Crippen LogP) is 8.53. The molecule has 0 bridgehead atoms. The largest absolute Gasteiger partial charge is 0.460 e. The highest BCUT2D eigenvalue weighted by Crippen LogP contribution is 2.44. The van der Waals surface area contributed by atoms with Gasteiger partial charge in [0.2, 0.25) is 5.91 Å². The van der Waals surface area contributed by atoms with E-state index in [1.807, 2.05) is 0 Å². The van der Waals surface area contributed by atoms with Crippen LogP contribution in [0, 0.1) is 11.8 Å². The molecule has 37 heavy (non-hydrogen) atoms. The van der Waals surface area contributed by atoms with Crippen LogP contribution in [-0.2, 0) is 14.3 Å². The fraction of sp³-hybridized carbons (Fsp3) is 0.500. The van der Waals surface area contributed by atoms with Crippen LogP contribution in [0.1, 0.15) is 76.3 Å². The SMILES string of the molecule is CC(C(C(=O)Nc1cc(C(CC(=O)OC(C)(C)C)C2CCC2)ccc1Cl)c1ccc(Cl)cc1)C(F)(F)F. The summed E-state index contributed by atoms with van der Waals surface area (Å²) >= 11 is 12.3. The number of nitrogens with one attached hydrogen (secondary N) is 1. The van der Waals surface area contributed by atoms with Crippen LogP contribution in [-0.4, -0.2) is 23.7 Å². The van der Waals surface area contributed by atoms with E-state index in [1.54, 1.807) is 39.0 Å². The molecule has 1 fully saturated rings. The van der Waals surface area contributed by atoms with Crippen LogP contribution in [0.15, 0.2) is 42.5 Å². The molecule has 1 aliphatic carbocycles. The Morgan fingerprint density at radius 1 is 1.03 bits per heavy atom. The number of halogens is 5. The zero-order valence-electron chi connectivity index (χ0n) is 21.3. The number of amides is 1.